The summed E-state index contributed by atoms with van der Waals surface area (Å²) in [5, 5.41) is 9.86. The van der Waals surface area contributed by atoms with Crippen molar-refractivity contribution in [3.05, 3.63) is 41.3 Å². The first-order chi connectivity index (χ1) is 11.9. The molecule has 5 nitrogen and oxygen atoms in total. The lowest BCUT2D eigenvalue weighted by Crippen LogP contribution is -2.35. The number of pyridine rings is 1. The number of benzene rings is 1. The summed E-state index contributed by atoms with van der Waals surface area (Å²) < 4.78 is 13.7. The molecule has 1 aromatic heterocycles. The number of likely N-dealkylation sites (tertiary alicyclic amines) is 1. The molecule has 1 aromatic carbocycles. The van der Waals surface area contributed by atoms with Crippen LogP contribution in [-0.4, -0.2) is 40.0 Å². The summed E-state index contributed by atoms with van der Waals surface area (Å²) in [6.07, 6.45) is 2.52. The number of nitrogens with zero attached hydrogens (tertiary/aromatic N) is 2. The molecule has 1 saturated carbocycles. The molecule has 25 heavy (non-hydrogen) atoms. The second-order valence-electron chi connectivity index (χ2n) is 7.37. The van der Waals surface area contributed by atoms with E-state index >= 15 is 0 Å². The molecule has 130 valence electrons. The Morgan fingerprint density at radius 2 is 2.08 bits per heavy atom. The van der Waals surface area contributed by atoms with Gasteiger partial charge in [0.05, 0.1) is 16.5 Å². The normalized spacial score (nSPS) is 23.2. The van der Waals surface area contributed by atoms with Gasteiger partial charge in [-0.25, -0.2) is 4.39 Å². The van der Waals surface area contributed by atoms with Gasteiger partial charge < -0.3 is 10.0 Å². The number of carbonyl (C=O) groups excluding carboxylic acids is 1. The van der Waals surface area contributed by atoms with Crippen LogP contribution in [0, 0.1) is 11.2 Å². The van der Waals surface area contributed by atoms with Crippen molar-refractivity contribution in [2.45, 2.75) is 32.1 Å². The summed E-state index contributed by atoms with van der Waals surface area (Å²) in [4.78, 5) is 30.6. The molecule has 1 aliphatic carbocycles. The predicted molar refractivity (Wildman–Crippen MR) is 89.9 cm³/mol. The number of amides is 1. The Morgan fingerprint density at radius 1 is 1.32 bits per heavy atom. The summed E-state index contributed by atoms with van der Waals surface area (Å²) in [6.45, 7) is 2.21. The number of fused-ring (bicyclic) bond motifs is 1. The summed E-state index contributed by atoms with van der Waals surface area (Å²) in [7, 11) is 0. The van der Waals surface area contributed by atoms with E-state index in [2.05, 4.69) is 4.98 Å². The molecule has 0 radical (unpaired) electrons. The van der Waals surface area contributed by atoms with Crippen LogP contribution < -0.4 is 0 Å². The van der Waals surface area contributed by atoms with Crippen LogP contribution in [0.15, 0.2) is 24.3 Å². The Kier molecular flexibility index (Phi) is 3.52. The van der Waals surface area contributed by atoms with Crippen molar-refractivity contribution in [1.29, 1.82) is 0 Å². The van der Waals surface area contributed by atoms with Crippen molar-refractivity contribution in [2.24, 2.45) is 5.41 Å². The van der Waals surface area contributed by atoms with Gasteiger partial charge in [-0.1, -0.05) is 0 Å². The number of aromatic nitrogens is 1. The number of carbonyl (C=O) groups is 2. The SMILES string of the molecule is CC1(C(=O)O)CCN(C(=O)c2cc(C3CC3)nc3ccc(F)cc23)C1. The highest BCUT2D eigenvalue weighted by Gasteiger charge is 2.42. The van der Waals surface area contributed by atoms with Crippen LogP contribution in [0.1, 0.15) is 48.2 Å². The van der Waals surface area contributed by atoms with Crippen LogP contribution in [0.25, 0.3) is 10.9 Å². The fraction of sp³-hybridized carbons (Fsp3) is 0.421. The number of halogens is 1. The fourth-order valence-corrected chi connectivity index (χ4v) is 3.46. The second-order valence-corrected chi connectivity index (χ2v) is 7.37. The molecular weight excluding hydrogens is 323 g/mol. The Labute approximate surface area is 144 Å². The number of rotatable bonds is 3. The maximum Gasteiger partial charge on any atom is 0.311 e. The summed E-state index contributed by atoms with van der Waals surface area (Å²) in [5.74, 6) is -1.19. The molecule has 4 rings (SSSR count). The highest BCUT2D eigenvalue weighted by Crippen LogP contribution is 2.40. The number of carboxylic acid groups (broad SMARTS) is 1. The molecule has 6 heteroatoms. The van der Waals surface area contributed by atoms with Crippen molar-refractivity contribution >= 4 is 22.8 Å². The maximum absolute atomic E-state index is 13.7. The first-order valence-electron chi connectivity index (χ1n) is 8.50. The van der Waals surface area contributed by atoms with Crippen molar-refractivity contribution in [1.82, 2.24) is 9.88 Å². The van der Waals surface area contributed by atoms with E-state index in [1.165, 1.54) is 12.1 Å². The van der Waals surface area contributed by atoms with E-state index < -0.39 is 17.2 Å². The van der Waals surface area contributed by atoms with Gasteiger partial charge in [-0.05, 0) is 50.5 Å². The molecule has 1 saturated heterocycles. The molecule has 1 N–H and O–H groups in total. The van der Waals surface area contributed by atoms with E-state index in [0.717, 1.165) is 18.5 Å². The molecule has 2 fully saturated rings. The smallest absolute Gasteiger partial charge is 0.311 e. The van der Waals surface area contributed by atoms with Crippen LogP contribution in [0.5, 0.6) is 0 Å². The van der Waals surface area contributed by atoms with Gasteiger partial charge in [0.25, 0.3) is 5.91 Å². The third-order valence-corrected chi connectivity index (χ3v) is 5.29. The average molecular weight is 342 g/mol. The molecule has 1 amide bonds. The Balaban J connectivity index is 1.76. The van der Waals surface area contributed by atoms with E-state index in [-0.39, 0.29) is 12.5 Å². The van der Waals surface area contributed by atoms with Gasteiger partial charge in [0.2, 0.25) is 0 Å². The Hall–Kier alpha value is -2.50. The zero-order chi connectivity index (χ0) is 17.8. The van der Waals surface area contributed by atoms with Gasteiger partial charge in [0, 0.05) is 30.1 Å². The van der Waals surface area contributed by atoms with Crippen molar-refractivity contribution in [2.75, 3.05) is 13.1 Å². The maximum atomic E-state index is 13.7. The summed E-state index contributed by atoms with van der Waals surface area (Å²) >= 11 is 0. The van der Waals surface area contributed by atoms with Gasteiger partial charge in [-0.3, -0.25) is 14.6 Å². The van der Waals surface area contributed by atoms with E-state index in [1.807, 2.05) is 0 Å². The fourth-order valence-electron chi connectivity index (χ4n) is 3.46. The number of hydrogen-bond acceptors (Lipinski definition) is 3. The lowest BCUT2D eigenvalue weighted by Gasteiger charge is -2.21. The third kappa shape index (κ3) is 2.75. The first kappa shape index (κ1) is 16.0. The van der Waals surface area contributed by atoms with Gasteiger partial charge in [-0.2, -0.15) is 0 Å². The molecule has 2 aliphatic rings. The molecular formula is C19H19FN2O3. The van der Waals surface area contributed by atoms with E-state index in [0.29, 0.717) is 35.3 Å². The highest BCUT2D eigenvalue weighted by molar-refractivity contribution is 6.06. The summed E-state index contributed by atoms with van der Waals surface area (Å²) in [6, 6.07) is 6.03. The minimum Gasteiger partial charge on any atom is -0.481 e. The monoisotopic (exact) mass is 342 g/mol. The average Bonchev–Trinajstić information content (AvgIpc) is 3.35. The molecule has 0 bridgehead atoms. The minimum atomic E-state index is -0.928. The zero-order valence-electron chi connectivity index (χ0n) is 14.0. The number of aliphatic carboxylic acids is 1. The molecule has 2 heterocycles. The number of carboxylic acids is 1. The molecule has 1 aliphatic heterocycles. The van der Waals surface area contributed by atoms with Gasteiger partial charge >= 0.3 is 5.97 Å². The van der Waals surface area contributed by atoms with Gasteiger partial charge in [-0.15, -0.1) is 0 Å². The zero-order valence-corrected chi connectivity index (χ0v) is 14.0. The lowest BCUT2D eigenvalue weighted by atomic mass is 9.90. The van der Waals surface area contributed by atoms with Crippen LogP contribution >= 0.6 is 0 Å². The molecule has 1 atom stereocenters. The van der Waals surface area contributed by atoms with E-state index in [9.17, 15) is 19.1 Å². The standard InChI is InChI=1S/C19H19FN2O3/c1-19(18(24)25)6-7-22(10-19)17(23)14-9-16(11-2-3-11)21-15-5-4-12(20)8-13(14)15/h4-5,8-9,11H,2-3,6-7,10H2,1H3,(H,24,25). The Bertz CT molecular complexity index is 894. The predicted octanol–water partition coefficient (Wildman–Crippen LogP) is 3.19. The van der Waals surface area contributed by atoms with Gasteiger partial charge in [0.1, 0.15) is 5.82 Å². The van der Waals surface area contributed by atoms with E-state index in [4.69, 9.17) is 0 Å². The van der Waals surface area contributed by atoms with Crippen molar-refractivity contribution in [3.8, 4) is 0 Å². The summed E-state index contributed by atoms with van der Waals surface area (Å²) in [5.41, 5.74) is 0.960. The molecule has 0 spiro atoms. The molecule has 2 aromatic rings. The third-order valence-electron chi connectivity index (χ3n) is 5.29. The second kappa shape index (κ2) is 5.51. The minimum absolute atomic E-state index is 0.166. The largest absolute Gasteiger partial charge is 0.481 e. The first-order valence-corrected chi connectivity index (χ1v) is 8.50. The van der Waals surface area contributed by atoms with Gasteiger partial charge in [0.15, 0.2) is 0 Å². The molecule has 1 unspecified atom stereocenters. The van der Waals surface area contributed by atoms with Crippen LogP contribution in [0.2, 0.25) is 0 Å². The Morgan fingerprint density at radius 3 is 2.72 bits per heavy atom. The van der Waals surface area contributed by atoms with Crippen LogP contribution in [-0.2, 0) is 4.79 Å². The van der Waals surface area contributed by atoms with Crippen molar-refractivity contribution < 1.29 is 19.1 Å². The highest BCUT2D eigenvalue weighted by atomic mass is 19.1. The van der Waals surface area contributed by atoms with Crippen molar-refractivity contribution in [3.63, 3.8) is 0 Å². The quantitative estimate of drug-likeness (QED) is 0.930. The number of hydrogen-bond donors (Lipinski definition) is 1. The van der Waals surface area contributed by atoms with Crippen LogP contribution in [0.4, 0.5) is 4.39 Å². The van der Waals surface area contributed by atoms with Crippen LogP contribution in [0.3, 0.4) is 0 Å². The van der Waals surface area contributed by atoms with E-state index in [1.54, 1.807) is 24.0 Å². The lowest BCUT2D eigenvalue weighted by molar-refractivity contribution is -0.147. The topological polar surface area (TPSA) is 70.5 Å².